The third-order valence-electron chi connectivity index (χ3n) is 3.97. The highest BCUT2D eigenvalue weighted by Crippen LogP contribution is 2.27. The molecule has 0 saturated carbocycles. The summed E-state index contributed by atoms with van der Waals surface area (Å²) < 4.78 is 0. The first-order valence-corrected chi connectivity index (χ1v) is 7.62. The van der Waals surface area contributed by atoms with Gasteiger partial charge in [-0.05, 0) is 43.0 Å². The van der Waals surface area contributed by atoms with Crippen molar-refractivity contribution in [2.24, 2.45) is 4.99 Å². The Hall–Kier alpha value is -2.16. The second kappa shape index (κ2) is 6.08. The second-order valence-electron chi connectivity index (χ2n) is 5.40. The fraction of sp³-hybridized carbons (Fsp3) is 0.333. The average Bonchev–Trinajstić information content (AvgIpc) is 2.79. The van der Waals surface area contributed by atoms with Gasteiger partial charge in [0.1, 0.15) is 0 Å². The molecule has 0 atom stereocenters. The minimum Gasteiger partial charge on any atom is -0.307 e. The van der Waals surface area contributed by atoms with E-state index in [1.165, 1.54) is 5.56 Å². The molecular formula is C18H20N2O. The van der Waals surface area contributed by atoms with Crippen LogP contribution in [0, 0.1) is 0 Å². The van der Waals surface area contributed by atoms with E-state index in [1.54, 1.807) is 0 Å². The molecule has 0 N–H and O–H groups in total. The molecule has 2 heterocycles. The van der Waals surface area contributed by atoms with E-state index in [0.717, 1.165) is 49.2 Å². The summed E-state index contributed by atoms with van der Waals surface area (Å²) in [6.45, 7) is 2.88. The lowest BCUT2D eigenvalue weighted by atomic mass is 10.0. The summed E-state index contributed by atoms with van der Waals surface area (Å²) in [7, 11) is 0. The maximum Gasteiger partial charge on any atom is 0.258 e. The van der Waals surface area contributed by atoms with Crippen LogP contribution in [-0.2, 0) is 6.42 Å². The van der Waals surface area contributed by atoms with E-state index in [2.05, 4.69) is 24.1 Å². The molecule has 0 spiro atoms. The number of nitrogens with zero attached hydrogens (tertiary/aromatic N) is 2. The van der Waals surface area contributed by atoms with Crippen molar-refractivity contribution in [3.05, 3.63) is 58.9 Å². The van der Waals surface area contributed by atoms with Crippen LogP contribution >= 0.6 is 0 Å². The molecule has 0 radical (unpaired) electrons. The van der Waals surface area contributed by atoms with Gasteiger partial charge in [-0.2, -0.15) is 0 Å². The van der Waals surface area contributed by atoms with Crippen molar-refractivity contribution < 1.29 is 4.79 Å². The summed E-state index contributed by atoms with van der Waals surface area (Å²) in [4.78, 5) is 19.2. The van der Waals surface area contributed by atoms with Gasteiger partial charge in [0.15, 0.2) is 0 Å². The van der Waals surface area contributed by atoms with Gasteiger partial charge in [0.05, 0.1) is 11.4 Å². The van der Waals surface area contributed by atoms with Crippen LogP contribution in [0.25, 0.3) is 0 Å². The molecule has 1 aromatic carbocycles. The Morgan fingerprint density at radius 2 is 2.29 bits per heavy atom. The average molecular weight is 280 g/mol. The lowest BCUT2D eigenvalue weighted by Crippen LogP contribution is -2.34. The molecule has 108 valence electrons. The van der Waals surface area contributed by atoms with Crippen LogP contribution in [0.2, 0.25) is 0 Å². The number of amides is 1. The summed E-state index contributed by atoms with van der Waals surface area (Å²) in [6, 6.07) is 7.93. The van der Waals surface area contributed by atoms with Crippen molar-refractivity contribution in [1.29, 1.82) is 0 Å². The molecule has 0 saturated heterocycles. The number of carbonyl (C=O) groups excluding carboxylic acids is 1. The Morgan fingerprint density at radius 1 is 1.38 bits per heavy atom. The van der Waals surface area contributed by atoms with Crippen LogP contribution in [0.5, 0.6) is 0 Å². The first-order valence-electron chi connectivity index (χ1n) is 7.62. The molecule has 2 aliphatic rings. The van der Waals surface area contributed by atoms with Gasteiger partial charge in [0, 0.05) is 24.7 Å². The molecule has 2 aliphatic heterocycles. The largest absolute Gasteiger partial charge is 0.307 e. The monoisotopic (exact) mass is 280 g/mol. The Morgan fingerprint density at radius 3 is 3.14 bits per heavy atom. The van der Waals surface area contributed by atoms with Gasteiger partial charge in [0.2, 0.25) is 0 Å². The fourth-order valence-electron chi connectivity index (χ4n) is 2.82. The summed E-state index contributed by atoms with van der Waals surface area (Å²) >= 11 is 0. The number of hydrogen-bond donors (Lipinski definition) is 0. The number of hydrogen-bond acceptors (Lipinski definition) is 2. The van der Waals surface area contributed by atoms with Crippen molar-refractivity contribution in [3.8, 4) is 0 Å². The number of aryl methyl sites for hydroxylation is 1. The third kappa shape index (κ3) is 2.82. The van der Waals surface area contributed by atoms with E-state index in [4.69, 9.17) is 0 Å². The van der Waals surface area contributed by atoms with Crippen LogP contribution < -0.4 is 0 Å². The maximum absolute atomic E-state index is 12.8. The van der Waals surface area contributed by atoms with Crippen molar-refractivity contribution in [2.75, 3.05) is 6.54 Å². The van der Waals surface area contributed by atoms with Gasteiger partial charge in [-0.1, -0.05) is 25.1 Å². The van der Waals surface area contributed by atoms with Crippen LogP contribution in [0.15, 0.2) is 52.8 Å². The smallest absolute Gasteiger partial charge is 0.258 e. The lowest BCUT2D eigenvalue weighted by Gasteiger charge is -2.29. The zero-order valence-corrected chi connectivity index (χ0v) is 12.4. The molecule has 0 aromatic heterocycles. The third-order valence-corrected chi connectivity index (χ3v) is 3.97. The molecule has 3 rings (SSSR count). The van der Waals surface area contributed by atoms with Crippen molar-refractivity contribution in [3.63, 3.8) is 0 Å². The zero-order valence-electron chi connectivity index (χ0n) is 12.4. The molecular weight excluding hydrogens is 260 g/mol. The predicted octanol–water partition coefficient (Wildman–Crippen LogP) is 3.73. The minimum absolute atomic E-state index is 0.0826. The van der Waals surface area contributed by atoms with E-state index >= 15 is 0 Å². The Balaban J connectivity index is 1.94. The fourth-order valence-corrected chi connectivity index (χ4v) is 2.82. The lowest BCUT2D eigenvalue weighted by molar-refractivity contribution is 0.0800. The van der Waals surface area contributed by atoms with E-state index in [0.29, 0.717) is 0 Å². The van der Waals surface area contributed by atoms with E-state index < -0.39 is 0 Å². The first kappa shape index (κ1) is 13.8. The highest BCUT2D eigenvalue weighted by atomic mass is 16.2. The molecule has 21 heavy (non-hydrogen) atoms. The van der Waals surface area contributed by atoms with Crippen molar-refractivity contribution in [2.45, 2.75) is 32.6 Å². The number of rotatable bonds is 2. The predicted molar refractivity (Wildman–Crippen MR) is 85.4 cm³/mol. The quantitative estimate of drug-likeness (QED) is 0.812. The van der Waals surface area contributed by atoms with Gasteiger partial charge in [0.25, 0.3) is 5.91 Å². The SMILES string of the molecule is CCc1cccc(C(=O)N2CCCC3=C2C=CCC=N3)c1. The molecule has 1 aromatic rings. The maximum atomic E-state index is 12.8. The summed E-state index contributed by atoms with van der Waals surface area (Å²) in [6.07, 6.45) is 9.74. The number of carbonyl (C=O) groups is 1. The van der Waals surface area contributed by atoms with Crippen LogP contribution in [-0.4, -0.2) is 23.6 Å². The Labute approximate surface area is 125 Å². The Bertz CT molecular complexity index is 640. The zero-order chi connectivity index (χ0) is 14.7. The second-order valence-corrected chi connectivity index (χ2v) is 5.40. The van der Waals surface area contributed by atoms with E-state index in [9.17, 15) is 4.79 Å². The van der Waals surface area contributed by atoms with Gasteiger partial charge >= 0.3 is 0 Å². The minimum atomic E-state index is 0.0826. The van der Waals surface area contributed by atoms with Gasteiger partial charge < -0.3 is 4.90 Å². The highest BCUT2D eigenvalue weighted by molar-refractivity contribution is 5.96. The summed E-state index contributed by atoms with van der Waals surface area (Å²) in [5.41, 5.74) is 3.98. The molecule has 0 fully saturated rings. The molecule has 0 unspecified atom stereocenters. The topological polar surface area (TPSA) is 32.7 Å². The molecule has 0 bridgehead atoms. The first-order chi connectivity index (χ1) is 10.3. The molecule has 3 nitrogen and oxygen atoms in total. The Kier molecular flexibility index (Phi) is 4.00. The van der Waals surface area contributed by atoms with Crippen LogP contribution in [0.3, 0.4) is 0 Å². The highest BCUT2D eigenvalue weighted by Gasteiger charge is 2.25. The normalized spacial score (nSPS) is 17.7. The van der Waals surface area contributed by atoms with Gasteiger partial charge in [-0.15, -0.1) is 0 Å². The molecule has 1 amide bonds. The van der Waals surface area contributed by atoms with Gasteiger partial charge in [-0.25, -0.2) is 0 Å². The van der Waals surface area contributed by atoms with Crippen molar-refractivity contribution >= 4 is 12.1 Å². The summed E-state index contributed by atoms with van der Waals surface area (Å²) in [5, 5.41) is 0. The summed E-state index contributed by atoms with van der Waals surface area (Å²) in [5.74, 6) is 0.0826. The number of aliphatic imine (C=N–C) groups is 1. The standard InChI is InChI=1S/C18H20N2O/c1-2-14-7-5-8-15(13-14)18(21)20-12-6-9-16-17(20)10-3-4-11-19-16/h3,5,7-8,10-11,13H,2,4,6,9,12H2,1H3. The van der Waals surface area contributed by atoms with E-state index in [1.807, 2.05) is 35.4 Å². The van der Waals surface area contributed by atoms with Crippen LogP contribution in [0.1, 0.15) is 42.1 Å². The molecule has 0 aliphatic carbocycles. The van der Waals surface area contributed by atoms with Crippen molar-refractivity contribution in [1.82, 2.24) is 4.90 Å². The number of allylic oxidation sites excluding steroid dienone is 3. The molecule has 3 heteroatoms. The van der Waals surface area contributed by atoms with E-state index in [-0.39, 0.29) is 5.91 Å². The van der Waals surface area contributed by atoms with Crippen LogP contribution in [0.4, 0.5) is 0 Å². The number of benzene rings is 1. The van der Waals surface area contributed by atoms with Gasteiger partial charge in [-0.3, -0.25) is 9.79 Å².